The number of carboxylic acids is 1. The summed E-state index contributed by atoms with van der Waals surface area (Å²) in [6.45, 7) is 4.27. The average molecular weight is 264 g/mol. The molecule has 0 atom stereocenters. The molecule has 0 amide bonds. The highest BCUT2D eigenvalue weighted by Gasteiger charge is 2.51. The molecule has 1 aliphatic rings. The predicted molar refractivity (Wildman–Crippen MR) is 76.1 cm³/mol. The molecular weight excluding hydrogens is 244 g/mol. The molecule has 1 fully saturated rings. The lowest BCUT2D eigenvalue weighted by Gasteiger charge is -2.44. The van der Waals surface area contributed by atoms with Crippen molar-refractivity contribution in [3.05, 3.63) is 35.9 Å². The van der Waals surface area contributed by atoms with Crippen LogP contribution < -0.4 is 0 Å². The molecule has 1 aromatic carbocycles. The Labute approximate surface area is 113 Å². The van der Waals surface area contributed by atoms with Crippen LogP contribution in [0.15, 0.2) is 30.3 Å². The number of benzene rings is 1. The van der Waals surface area contributed by atoms with E-state index in [4.69, 9.17) is 0 Å². The Balaban J connectivity index is 1.99. The number of carboxylic acid groups (broad SMARTS) is 1. The van der Waals surface area contributed by atoms with E-state index in [9.17, 15) is 9.90 Å². The third-order valence-corrected chi connectivity index (χ3v) is 5.40. The second-order valence-electron chi connectivity index (χ2n) is 5.52. The lowest BCUT2D eigenvalue weighted by molar-refractivity contribution is -0.142. The van der Waals surface area contributed by atoms with Gasteiger partial charge in [-0.05, 0) is 36.0 Å². The van der Waals surface area contributed by atoms with Crippen LogP contribution in [0.1, 0.15) is 38.2 Å². The second kappa shape index (κ2) is 5.35. The van der Waals surface area contributed by atoms with Crippen LogP contribution in [0.3, 0.4) is 0 Å². The summed E-state index contributed by atoms with van der Waals surface area (Å²) in [4.78, 5) is 11.5. The first-order chi connectivity index (χ1) is 8.53. The summed E-state index contributed by atoms with van der Waals surface area (Å²) in [5.41, 5.74) is 1.28. The Morgan fingerprint density at radius 1 is 1.39 bits per heavy atom. The van der Waals surface area contributed by atoms with Crippen molar-refractivity contribution in [1.82, 2.24) is 0 Å². The van der Waals surface area contributed by atoms with Gasteiger partial charge in [0.25, 0.3) is 0 Å². The Morgan fingerprint density at radius 3 is 2.50 bits per heavy atom. The minimum absolute atomic E-state index is 0.418. The van der Waals surface area contributed by atoms with Gasteiger partial charge in [-0.2, -0.15) is 0 Å². The summed E-state index contributed by atoms with van der Waals surface area (Å²) in [5, 5.41) is 9.44. The van der Waals surface area contributed by atoms with Gasteiger partial charge in [0.05, 0.1) is 0 Å². The molecule has 0 heterocycles. The average Bonchev–Trinajstić information content (AvgIpc) is 2.28. The molecule has 1 saturated carbocycles. The van der Waals surface area contributed by atoms with Crippen molar-refractivity contribution in [2.45, 2.75) is 37.4 Å². The molecule has 0 aliphatic heterocycles. The first-order valence-corrected chi connectivity index (χ1v) is 7.44. The van der Waals surface area contributed by atoms with Crippen molar-refractivity contribution in [2.24, 2.45) is 5.92 Å². The van der Waals surface area contributed by atoms with Crippen LogP contribution in [0, 0.1) is 5.92 Å². The summed E-state index contributed by atoms with van der Waals surface area (Å²) in [5.74, 6) is 1.25. The molecule has 1 aliphatic carbocycles. The summed E-state index contributed by atoms with van der Waals surface area (Å²) in [6.07, 6.45) is 1.54. The molecule has 0 aromatic heterocycles. The monoisotopic (exact) mass is 264 g/mol. The van der Waals surface area contributed by atoms with Crippen molar-refractivity contribution in [3.8, 4) is 0 Å². The van der Waals surface area contributed by atoms with Crippen molar-refractivity contribution in [1.29, 1.82) is 0 Å². The zero-order valence-corrected chi connectivity index (χ0v) is 11.7. The van der Waals surface area contributed by atoms with Crippen LogP contribution in [0.2, 0.25) is 0 Å². The molecule has 3 heteroatoms. The fourth-order valence-electron chi connectivity index (χ4n) is 2.38. The van der Waals surface area contributed by atoms with Gasteiger partial charge in [0.15, 0.2) is 0 Å². The summed E-state index contributed by atoms with van der Waals surface area (Å²) in [6, 6.07) is 10.3. The van der Waals surface area contributed by atoms with Crippen molar-refractivity contribution >= 4 is 17.7 Å². The van der Waals surface area contributed by atoms with Gasteiger partial charge in [-0.3, -0.25) is 4.79 Å². The smallest absolute Gasteiger partial charge is 0.319 e. The molecule has 0 saturated heterocycles. The Kier molecular flexibility index (Phi) is 4.00. The van der Waals surface area contributed by atoms with E-state index in [0.717, 1.165) is 18.6 Å². The zero-order valence-electron chi connectivity index (χ0n) is 10.9. The van der Waals surface area contributed by atoms with E-state index in [1.54, 1.807) is 11.8 Å². The first-order valence-electron chi connectivity index (χ1n) is 6.46. The third-order valence-electron chi connectivity index (χ3n) is 3.51. The van der Waals surface area contributed by atoms with E-state index in [-0.39, 0.29) is 0 Å². The molecule has 2 nitrogen and oxygen atoms in total. The van der Waals surface area contributed by atoms with Crippen molar-refractivity contribution in [3.63, 3.8) is 0 Å². The van der Waals surface area contributed by atoms with Gasteiger partial charge in [-0.25, -0.2) is 0 Å². The van der Waals surface area contributed by atoms with Crippen LogP contribution >= 0.6 is 11.8 Å². The van der Waals surface area contributed by atoms with E-state index >= 15 is 0 Å². The maximum absolute atomic E-state index is 11.5. The number of thioether (sulfide) groups is 1. The molecular formula is C15H20O2S. The highest BCUT2D eigenvalue weighted by Crippen LogP contribution is 2.53. The molecule has 2 rings (SSSR count). The number of hydrogen-bond acceptors (Lipinski definition) is 2. The number of carbonyl (C=O) groups is 1. The van der Waals surface area contributed by atoms with Crippen LogP contribution in [0.5, 0.6) is 0 Å². The van der Waals surface area contributed by atoms with Gasteiger partial charge in [0.1, 0.15) is 4.75 Å². The Hall–Kier alpha value is -0.960. The van der Waals surface area contributed by atoms with Gasteiger partial charge in [-0.15, -0.1) is 11.8 Å². The topological polar surface area (TPSA) is 37.3 Å². The molecule has 18 heavy (non-hydrogen) atoms. The van der Waals surface area contributed by atoms with Gasteiger partial charge in [0.2, 0.25) is 0 Å². The van der Waals surface area contributed by atoms with Gasteiger partial charge >= 0.3 is 5.97 Å². The molecule has 1 aromatic rings. The third kappa shape index (κ3) is 2.72. The van der Waals surface area contributed by atoms with E-state index in [1.807, 2.05) is 18.2 Å². The highest BCUT2D eigenvalue weighted by molar-refractivity contribution is 8.01. The van der Waals surface area contributed by atoms with Gasteiger partial charge < -0.3 is 5.11 Å². The van der Waals surface area contributed by atoms with E-state index in [2.05, 4.69) is 26.0 Å². The molecule has 0 radical (unpaired) electrons. The van der Waals surface area contributed by atoms with E-state index in [0.29, 0.717) is 11.8 Å². The van der Waals surface area contributed by atoms with Crippen molar-refractivity contribution < 1.29 is 9.90 Å². The zero-order chi connectivity index (χ0) is 13.2. The van der Waals surface area contributed by atoms with Crippen LogP contribution in [0.4, 0.5) is 0 Å². The number of hydrogen-bond donors (Lipinski definition) is 1. The maximum Gasteiger partial charge on any atom is 0.319 e. The van der Waals surface area contributed by atoms with E-state index in [1.165, 1.54) is 5.56 Å². The standard InChI is InChI=1S/C15H20O2S/c1-11(2)10-18-15(14(16)17)8-13(9-15)12-6-4-3-5-7-12/h3-7,11,13H,8-10H2,1-2H3,(H,16,17). The first kappa shape index (κ1) is 13.5. The molecule has 0 unspecified atom stereocenters. The van der Waals surface area contributed by atoms with E-state index < -0.39 is 10.7 Å². The Bertz CT molecular complexity index is 408. The van der Waals surface area contributed by atoms with Gasteiger partial charge in [0, 0.05) is 0 Å². The fourth-order valence-corrected chi connectivity index (χ4v) is 3.79. The number of aliphatic carboxylic acids is 1. The lowest BCUT2D eigenvalue weighted by Crippen LogP contribution is -2.47. The lowest BCUT2D eigenvalue weighted by atomic mass is 9.70. The predicted octanol–water partition coefficient (Wildman–Crippen LogP) is 3.78. The molecule has 0 spiro atoms. The highest BCUT2D eigenvalue weighted by atomic mass is 32.2. The fraction of sp³-hybridized carbons (Fsp3) is 0.533. The molecule has 0 bridgehead atoms. The van der Waals surface area contributed by atoms with Gasteiger partial charge in [-0.1, -0.05) is 44.2 Å². The molecule has 1 N–H and O–H groups in total. The van der Waals surface area contributed by atoms with Crippen LogP contribution in [0.25, 0.3) is 0 Å². The summed E-state index contributed by atoms with van der Waals surface area (Å²) >= 11 is 1.63. The van der Waals surface area contributed by atoms with Crippen LogP contribution in [-0.2, 0) is 4.79 Å². The SMILES string of the molecule is CC(C)CSC1(C(=O)O)CC(c2ccccc2)C1. The van der Waals surface area contributed by atoms with Crippen molar-refractivity contribution in [2.75, 3.05) is 5.75 Å². The maximum atomic E-state index is 11.5. The summed E-state index contributed by atoms with van der Waals surface area (Å²) in [7, 11) is 0. The minimum Gasteiger partial charge on any atom is -0.480 e. The minimum atomic E-state index is -0.639. The largest absolute Gasteiger partial charge is 0.480 e. The quantitative estimate of drug-likeness (QED) is 0.879. The van der Waals surface area contributed by atoms with Crippen LogP contribution in [-0.4, -0.2) is 21.6 Å². The Morgan fingerprint density at radius 2 is 2.00 bits per heavy atom. The number of rotatable bonds is 5. The normalized spacial score (nSPS) is 26.9. The summed E-state index contributed by atoms with van der Waals surface area (Å²) < 4.78 is -0.537. The molecule has 98 valence electrons. The second-order valence-corrected chi connectivity index (χ2v) is 6.92.